The van der Waals surface area contributed by atoms with Gasteiger partial charge in [0.15, 0.2) is 0 Å². The zero-order valence-electron chi connectivity index (χ0n) is 7.79. The van der Waals surface area contributed by atoms with Crippen LogP contribution in [0.25, 0.3) is 0 Å². The van der Waals surface area contributed by atoms with Gasteiger partial charge in [-0.15, -0.1) is 0 Å². The van der Waals surface area contributed by atoms with E-state index in [4.69, 9.17) is 4.52 Å². The highest BCUT2D eigenvalue weighted by molar-refractivity contribution is 7.92. The van der Waals surface area contributed by atoms with Gasteiger partial charge in [0.25, 0.3) is 0 Å². The van der Waals surface area contributed by atoms with Crippen molar-refractivity contribution in [1.82, 2.24) is 5.16 Å². The van der Waals surface area contributed by atoms with Crippen molar-refractivity contribution in [3.8, 4) is 0 Å². The van der Waals surface area contributed by atoms with Crippen LogP contribution in [0.5, 0.6) is 0 Å². The van der Waals surface area contributed by atoms with E-state index >= 15 is 0 Å². The van der Waals surface area contributed by atoms with Crippen LogP contribution >= 0.6 is 0 Å². The highest BCUT2D eigenvalue weighted by atomic mass is 32.2. The number of hydrogen-bond acceptors (Lipinski definition) is 4. The summed E-state index contributed by atoms with van der Waals surface area (Å²) in [7, 11) is -3.27. The Hall–Kier alpha value is -1.04. The minimum absolute atomic E-state index is 0.0200. The van der Waals surface area contributed by atoms with Crippen LogP contribution in [0.4, 0.5) is 5.88 Å². The maximum absolute atomic E-state index is 11.1. The average molecular weight is 204 g/mol. The van der Waals surface area contributed by atoms with Crippen molar-refractivity contribution >= 4 is 15.9 Å². The predicted octanol–water partition coefficient (Wildman–Crippen LogP) is 1.05. The van der Waals surface area contributed by atoms with E-state index in [9.17, 15) is 8.42 Å². The van der Waals surface area contributed by atoms with Crippen LogP contribution in [-0.4, -0.2) is 19.3 Å². The molecule has 0 saturated carbocycles. The number of aromatic nitrogens is 1. The van der Waals surface area contributed by atoms with Gasteiger partial charge < -0.3 is 4.52 Å². The number of sulfonamides is 1. The fraction of sp³-hybridized carbons (Fsp3) is 0.571. The molecule has 0 saturated heterocycles. The number of anilines is 1. The molecular weight excluding hydrogens is 192 g/mol. The van der Waals surface area contributed by atoms with Gasteiger partial charge in [0, 0.05) is 5.56 Å². The lowest BCUT2D eigenvalue weighted by atomic mass is 10.3. The molecule has 0 aromatic carbocycles. The normalized spacial score (nSPS) is 11.6. The van der Waals surface area contributed by atoms with Crippen LogP contribution in [0.3, 0.4) is 0 Å². The van der Waals surface area contributed by atoms with Crippen molar-refractivity contribution in [2.45, 2.75) is 20.8 Å². The molecule has 0 aliphatic carbocycles. The van der Waals surface area contributed by atoms with E-state index in [0.717, 1.165) is 5.56 Å². The summed E-state index contributed by atoms with van der Waals surface area (Å²) in [4.78, 5) is 0. The van der Waals surface area contributed by atoms with Crippen molar-refractivity contribution in [3.05, 3.63) is 11.3 Å². The fourth-order valence-corrected chi connectivity index (χ4v) is 1.34. The Labute approximate surface area is 77.2 Å². The van der Waals surface area contributed by atoms with Crippen LogP contribution in [-0.2, 0) is 10.0 Å². The summed E-state index contributed by atoms with van der Waals surface area (Å²) in [6.07, 6.45) is 0. The lowest BCUT2D eigenvalue weighted by molar-refractivity contribution is 0.430. The Morgan fingerprint density at radius 3 is 2.46 bits per heavy atom. The van der Waals surface area contributed by atoms with Crippen molar-refractivity contribution in [1.29, 1.82) is 0 Å². The highest BCUT2D eigenvalue weighted by Gasteiger charge is 2.14. The van der Waals surface area contributed by atoms with Gasteiger partial charge in [0.1, 0.15) is 0 Å². The van der Waals surface area contributed by atoms with E-state index < -0.39 is 10.0 Å². The lowest BCUT2D eigenvalue weighted by Crippen LogP contribution is -2.14. The molecule has 1 aromatic heterocycles. The second-order valence-corrected chi connectivity index (χ2v) is 4.74. The Bertz CT molecular complexity index is 394. The molecule has 0 unspecified atom stereocenters. The maximum Gasteiger partial charge on any atom is 0.241 e. The third-order valence-electron chi connectivity index (χ3n) is 1.79. The third-order valence-corrected chi connectivity index (χ3v) is 3.04. The standard InChI is InChI=1S/C7H12N2O3S/c1-4-13(10,11)9-7-5(2)6(3)8-12-7/h9H,4H2,1-3H3. The van der Waals surface area contributed by atoms with E-state index in [1.165, 1.54) is 0 Å². The molecule has 0 radical (unpaired) electrons. The molecule has 1 heterocycles. The lowest BCUT2D eigenvalue weighted by Gasteiger charge is -2.01. The minimum atomic E-state index is -3.27. The van der Waals surface area contributed by atoms with E-state index in [-0.39, 0.29) is 11.6 Å². The zero-order chi connectivity index (χ0) is 10.1. The summed E-state index contributed by atoms with van der Waals surface area (Å²) >= 11 is 0. The summed E-state index contributed by atoms with van der Waals surface area (Å²) < 4.78 is 29.4. The summed E-state index contributed by atoms with van der Waals surface area (Å²) in [6, 6.07) is 0. The third kappa shape index (κ3) is 2.21. The van der Waals surface area contributed by atoms with Crippen LogP contribution in [0.15, 0.2) is 4.52 Å². The van der Waals surface area contributed by atoms with Gasteiger partial charge in [-0.05, 0) is 20.8 Å². The molecule has 5 nitrogen and oxygen atoms in total. The molecule has 1 aromatic rings. The van der Waals surface area contributed by atoms with Crippen LogP contribution in [0.2, 0.25) is 0 Å². The second-order valence-electron chi connectivity index (χ2n) is 2.73. The fourth-order valence-electron chi connectivity index (χ4n) is 0.724. The van der Waals surface area contributed by atoms with Gasteiger partial charge in [-0.25, -0.2) is 8.42 Å². The van der Waals surface area contributed by atoms with Crippen LogP contribution < -0.4 is 4.72 Å². The number of nitrogens with one attached hydrogen (secondary N) is 1. The van der Waals surface area contributed by atoms with Crippen molar-refractivity contribution in [2.75, 3.05) is 10.5 Å². The molecule has 0 amide bonds. The summed E-state index contributed by atoms with van der Waals surface area (Å²) in [5, 5.41) is 3.63. The number of rotatable bonds is 3. The summed E-state index contributed by atoms with van der Waals surface area (Å²) in [5.74, 6) is 0.228. The number of aryl methyl sites for hydroxylation is 1. The molecule has 0 spiro atoms. The van der Waals surface area contributed by atoms with Gasteiger partial charge in [-0.2, -0.15) is 0 Å². The van der Waals surface area contributed by atoms with E-state index in [1.807, 2.05) is 0 Å². The summed E-state index contributed by atoms with van der Waals surface area (Å²) in [6.45, 7) is 5.06. The second kappa shape index (κ2) is 3.37. The molecule has 1 rings (SSSR count). The van der Waals surface area contributed by atoms with E-state index in [1.54, 1.807) is 20.8 Å². The molecule has 74 valence electrons. The van der Waals surface area contributed by atoms with Crippen LogP contribution in [0, 0.1) is 13.8 Å². The molecule has 0 atom stereocenters. The van der Waals surface area contributed by atoms with E-state index in [0.29, 0.717) is 5.69 Å². The SMILES string of the molecule is CCS(=O)(=O)Nc1onc(C)c1C. The first-order chi connectivity index (χ1) is 5.96. The highest BCUT2D eigenvalue weighted by Crippen LogP contribution is 2.18. The molecule has 0 bridgehead atoms. The smallest absolute Gasteiger partial charge is 0.241 e. The molecular formula is C7H12N2O3S. The topological polar surface area (TPSA) is 72.2 Å². The minimum Gasteiger partial charge on any atom is -0.337 e. The van der Waals surface area contributed by atoms with Crippen molar-refractivity contribution in [2.24, 2.45) is 0 Å². The molecule has 13 heavy (non-hydrogen) atoms. The Morgan fingerprint density at radius 2 is 2.08 bits per heavy atom. The van der Waals surface area contributed by atoms with Gasteiger partial charge in [-0.3, -0.25) is 4.72 Å². The van der Waals surface area contributed by atoms with Crippen molar-refractivity contribution < 1.29 is 12.9 Å². The largest absolute Gasteiger partial charge is 0.337 e. The first-order valence-electron chi connectivity index (χ1n) is 3.89. The van der Waals surface area contributed by atoms with Gasteiger partial charge in [0.2, 0.25) is 15.9 Å². The monoisotopic (exact) mass is 204 g/mol. The quantitative estimate of drug-likeness (QED) is 0.798. The van der Waals surface area contributed by atoms with E-state index in [2.05, 4.69) is 9.88 Å². The maximum atomic E-state index is 11.1. The first-order valence-corrected chi connectivity index (χ1v) is 5.55. The summed E-state index contributed by atoms with van der Waals surface area (Å²) in [5.41, 5.74) is 1.41. The molecule has 0 fully saturated rings. The van der Waals surface area contributed by atoms with Crippen molar-refractivity contribution in [3.63, 3.8) is 0 Å². The first kappa shape index (κ1) is 10.0. The Balaban J connectivity index is 2.93. The van der Waals surface area contributed by atoms with Gasteiger partial charge in [-0.1, -0.05) is 5.16 Å². The Morgan fingerprint density at radius 1 is 1.46 bits per heavy atom. The number of hydrogen-bond donors (Lipinski definition) is 1. The number of nitrogens with zero attached hydrogens (tertiary/aromatic N) is 1. The Kier molecular flexibility index (Phi) is 2.60. The molecule has 6 heteroatoms. The average Bonchev–Trinajstić information content (AvgIpc) is 2.36. The van der Waals surface area contributed by atoms with Crippen LogP contribution in [0.1, 0.15) is 18.2 Å². The molecule has 1 N–H and O–H groups in total. The predicted molar refractivity (Wildman–Crippen MR) is 49.1 cm³/mol. The molecule has 0 aliphatic heterocycles. The zero-order valence-corrected chi connectivity index (χ0v) is 8.60. The molecule has 0 aliphatic rings. The van der Waals surface area contributed by atoms with Gasteiger partial charge >= 0.3 is 0 Å². The van der Waals surface area contributed by atoms with Gasteiger partial charge in [0.05, 0.1) is 11.4 Å².